The standard InChI is InChI=1S/C17H19FN2O2/c18-14-5-3-13(4-6-14)11-19-17(21)16-8-7-15(22-16)12-20-9-1-2-10-20/h3-8H,1-2,9-12H2,(H,19,21). The molecule has 1 aliphatic rings. The van der Waals surface area contributed by atoms with Crippen molar-refractivity contribution in [2.24, 2.45) is 0 Å². The van der Waals surface area contributed by atoms with E-state index in [0.29, 0.717) is 12.3 Å². The van der Waals surface area contributed by atoms with Gasteiger partial charge >= 0.3 is 0 Å². The molecular formula is C17H19FN2O2. The van der Waals surface area contributed by atoms with Crippen molar-refractivity contribution < 1.29 is 13.6 Å². The highest BCUT2D eigenvalue weighted by atomic mass is 19.1. The van der Waals surface area contributed by atoms with Gasteiger partial charge in [0.15, 0.2) is 5.76 Å². The van der Waals surface area contributed by atoms with E-state index in [-0.39, 0.29) is 11.7 Å². The number of carbonyl (C=O) groups excluding carboxylic acids is 1. The first-order valence-electron chi connectivity index (χ1n) is 7.54. The van der Waals surface area contributed by atoms with Gasteiger partial charge in [-0.25, -0.2) is 4.39 Å². The van der Waals surface area contributed by atoms with Crippen molar-refractivity contribution >= 4 is 5.91 Å². The quantitative estimate of drug-likeness (QED) is 0.923. The van der Waals surface area contributed by atoms with Crippen LogP contribution in [0.2, 0.25) is 0 Å². The third-order valence-electron chi connectivity index (χ3n) is 3.83. The molecule has 1 amide bonds. The summed E-state index contributed by atoms with van der Waals surface area (Å²) >= 11 is 0. The fourth-order valence-corrected chi connectivity index (χ4v) is 2.62. The Bertz CT molecular complexity index is 630. The smallest absolute Gasteiger partial charge is 0.287 e. The van der Waals surface area contributed by atoms with E-state index in [2.05, 4.69) is 10.2 Å². The summed E-state index contributed by atoms with van der Waals surface area (Å²) in [4.78, 5) is 14.4. The minimum atomic E-state index is -0.285. The van der Waals surface area contributed by atoms with Gasteiger partial charge in [0.25, 0.3) is 5.91 Å². The predicted octanol–water partition coefficient (Wildman–Crippen LogP) is 2.94. The Balaban J connectivity index is 1.53. The summed E-state index contributed by atoms with van der Waals surface area (Å²) in [7, 11) is 0. The van der Waals surface area contributed by atoms with Crippen LogP contribution < -0.4 is 5.32 Å². The second kappa shape index (κ2) is 6.75. The van der Waals surface area contributed by atoms with Crippen LogP contribution in [0, 0.1) is 5.82 Å². The lowest BCUT2D eigenvalue weighted by molar-refractivity contribution is 0.0919. The number of rotatable bonds is 5. The van der Waals surface area contributed by atoms with Gasteiger partial charge < -0.3 is 9.73 Å². The van der Waals surface area contributed by atoms with Crippen molar-refractivity contribution in [3.63, 3.8) is 0 Å². The van der Waals surface area contributed by atoms with Crippen molar-refractivity contribution in [1.82, 2.24) is 10.2 Å². The fourth-order valence-electron chi connectivity index (χ4n) is 2.62. The van der Waals surface area contributed by atoms with Gasteiger partial charge in [-0.2, -0.15) is 0 Å². The Labute approximate surface area is 128 Å². The number of hydrogen-bond donors (Lipinski definition) is 1. The zero-order valence-corrected chi connectivity index (χ0v) is 12.3. The summed E-state index contributed by atoms with van der Waals surface area (Å²) < 4.78 is 18.4. The maximum Gasteiger partial charge on any atom is 0.287 e. The van der Waals surface area contributed by atoms with Gasteiger partial charge in [-0.05, 0) is 55.8 Å². The van der Waals surface area contributed by atoms with Gasteiger partial charge in [0.2, 0.25) is 0 Å². The first kappa shape index (κ1) is 14.8. The molecule has 0 radical (unpaired) electrons. The molecule has 0 bridgehead atoms. The van der Waals surface area contributed by atoms with Crippen molar-refractivity contribution in [3.8, 4) is 0 Å². The minimum Gasteiger partial charge on any atom is -0.455 e. The molecule has 0 atom stereocenters. The van der Waals surface area contributed by atoms with E-state index >= 15 is 0 Å². The number of amides is 1. The normalized spacial score (nSPS) is 15.1. The lowest BCUT2D eigenvalue weighted by atomic mass is 10.2. The Kier molecular flexibility index (Phi) is 4.53. The largest absolute Gasteiger partial charge is 0.455 e. The average molecular weight is 302 g/mol. The van der Waals surface area contributed by atoms with Crippen LogP contribution >= 0.6 is 0 Å². The van der Waals surface area contributed by atoms with Crippen molar-refractivity contribution in [1.29, 1.82) is 0 Å². The van der Waals surface area contributed by atoms with Crippen LogP contribution in [0.5, 0.6) is 0 Å². The van der Waals surface area contributed by atoms with Crippen molar-refractivity contribution in [3.05, 3.63) is 59.3 Å². The van der Waals surface area contributed by atoms with Crippen LogP contribution in [-0.4, -0.2) is 23.9 Å². The number of nitrogens with zero attached hydrogens (tertiary/aromatic N) is 1. The van der Waals surface area contributed by atoms with Crippen molar-refractivity contribution in [2.45, 2.75) is 25.9 Å². The summed E-state index contributed by atoms with van der Waals surface area (Å²) in [5, 5.41) is 2.77. The van der Waals surface area contributed by atoms with E-state index in [9.17, 15) is 9.18 Å². The van der Waals surface area contributed by atoms with Gasteiger partial charge in [-0.1, -0.05) is 12.1 Å². The molecule has 22 heavy (non-hydrogen) atoms. The van der Waals surface area contributed by atoms with Gasteiger partial charge in [-0.15, -0.1) is 0 Å². The minimum absolute atomic E-state index is 0.253. The second-order valence-electron chi connectivity index (χ2n) is 5.56. The molecule has 0 unspecified atom stereocenters. The average Bonchev–Trinajstić information content (AvgIpc) is 3.19. The number of halogens is 1. The molecule has 2 heterocycles. The highest BCUT2D eigenvalue weighted by Gasteiger charge is 2.16. The highest BCUT2D eigenvalue weighted by molar-refractivity contribution is 5.91. The highest BCUT2D eigenvalue weighted by Crippen LogP contribution is 2.15. The van der Waals surface area contributed by atoms with Crippen LogP contribution in [-0.2, 0) is 13.1 Å². The van der Waals surface area contributed by atoms with E-state index in [0.717, 1.165) is 31.0 Å². The van der Waals surface area contributed by atoms with E-state index in [1.807, 2.05) is 6.07 Å². The van der Waals surface area contributed by atoms with Gasteiger partial charge in [-0.3, -0.25) is 9.69 Å². The van der Waals surface area contributed by atoms with Crippen LogP contribution in [0.15, 0.2) is 40.8 Å². The topological polar surface area (TPSA) is 45.5 Å². The lowest BCUT2D eigenvalue weighted by Gasteiger charge is -2.11. The molecule has 0 aliphatic carbocycles. The monoisotopic (exact) mass is 302 g/mol. The van der Waals surface area contributed by atoms with Gasteiger partial charge in [0.05, 0.1) is 6.54 Å². The summed E-state index contributed by atoms with van der Waals surface area (Å²) in [6.07, 6.45) is 2.46. The predicted molar refractivity (Wildman–Crippen MR) is 80.8 cm³/mol. The fraction of sp³-hybridized carbons (Fsp3) is 0.353. The molecule has 1 fully saturated rings. The molecule has 1 aliphatic heterocycles. The molecule has 1 saturated heterocycles. The summed E-state index contributed by atoms with van der Waals surface area (Å²) in [5.74, 6) is 0.592. The second-order valence-corrected chi connectivity index (χ2v) is 5.56. The first-order chi connectivity index (χ1) is 10.7. The molecule has 4 nitrogen and oxygen atoms in total. The SMILES string of the molecule is O=C(NCc1ccc(F)cc1)c1ccc(CN2CCCC2)o1. The number of furan rings is 1. The van der Waals surface area contributed by atoms with E-state index in [1.165, 1.54) is 25.0 Å². The number of nitrogens with one attached hydrogen (secondary N) is 1. The van der Waals surface area contributed by atoms with Crippen molar-refractivity contribution in [2.75, 3.05) is 13.1 Å². The first-order valence-corrected chi connectivity index (χ1v) is 7.54. The summed E-state index contributed by atoms with van der Waals surface area (Å²) in [5.41, 5.74) is 0.846. The van der Waals surface area contributed by atoms with Crippen LogP contribution in [0.3, 0.4) is 0 Å². The molecule has 3 rings (SSSR count). The molecule has 1 N–H and O–H groups in total. The zero-order chi connectivity index (χ0) is 15.4. The van der Waals surface area contributed by atoms with Gasteiger partial charge in [0.1, 0.15) is 11.6 Å². The Hall–Kier alpha value is -2.14. The third-order valence-corrected chi connectivity index (χ3v) is 3.83. The maximum absolute atomic E-state index is 12.8. The van der Waals surface area contributed by atoms with E-state index < -0.39 is 0 Å². The number of benzene rings is 1. The third kappa shape index (κ3) is 3.74. The molecule has 0 spiro atoms. The number of likely N-dealkylation sites (tertiary alicyclic amines) is 1. The molecule has 1 aromatic carbocycles. The molecule has 1 aromatic heterocycles. The molecular weight excluding hydrogens is 283 g/mol. The Morgan fingerprint density at radius 2 is 1.86 bits per heavy atom. The van der Waals surface area contributed by atoms with Crippen LogP contribution in [0.1, 0.15) is 34.7 Å². The Morgan fingerprint density at radius 1 is 1.14 bits per heavy atom. The summed E-state index contributed by atoms with van der Waals surface area (Å²) in [6, 6.07) is 9.61. The molecule has 0 saturated carbocycles. The molecule has 2 aromatic rings. The number of carbonyl (C=O) groups is 1. The zero-order valence-electron chi connectivity index (χ0n) is 12.3. The van der Waals surface area contributed by atoms with Gasteiger partial charge in [0, 0.05) is 6.54 Å². The number of hydrogen-bond acceptors (Lipinski definition) is 3. The van der Waals surface area contributed by atoms with Crippen LogP contribution in [0.4, 0.5) is 4.39 Å². The summed E-state index contributed by atoms with van der Waals surface area (Å²) in [6.45, 7) is 3.28. The molecule has 5 heteroatoms. The van der Waals surface area contributed by atoms with Crippen LogP contribution in [0.25, 0.3) is 0 Å². The maximum atomic E-state index is 12.8. The lowest BCUT2D eigenvalue weighted by Crippen LogP contribution is -2.22. The molecule has 116 valence electrons. The van der Waals surface area contributed by atoms with E-state index in [4.69, 9.17) is 4.42 Å². The van der Waals surface area contributed by atoms with E-state index in [1.54, 1.807) is 18.2 Å². The Morgan fingerprint density at radius 3 is 2.59 bits per heavy atom.